The number of carbonyl (C=O) groups is 1. The van der Waals surface area contributed by atoms with E-state index >= 15 is 0 Å². The molecule has 0 N–H and O–H groups in total. The maximum atomic E-state index is 12.2. The number of fused-ring (bicyclic) bond motifs is 1. The Morgan fingerprint density at radius 2 is 1.65 bits per heavy atom. The van der Waals surface area contributed by atoms with E-state index in [0.717, 1.165) is 16.8 Å². The van der Waals surface area contributed by atoms with Crippen LogP contribution in [0.2, 0.25) is 0 Å². The molecule has 0 bridgehead atoms. The van der Waals surface area contributed by atoms with Crippen molar-refractivity contribution >= 4 is 11.7 Å². The fraction of sp³-hybridized carbons (Fsp3) is 0.176. The monoisotopic (exact) mass is 265 g/mol. The molecular formula is C17H15NO2. The van der Waals surface area contributed by atoms with Gasteiger partial charge >= 0.3 is 5.97 Å². The van der Waals surface area contributed by atoms with Gasteiger partial charge in [0.1, 0.15) is 6.10 Å². The lowest BCUT2D eigenvalue weighted by Crippen LogP contribution is -2.24. The zero-order valence-electron chi connectivity index (χ0n) is 11.2. The van der Waals surface area contributed by atoms with E-state index < -0.39 is 0 Å². The highest BCUT2D eigenvalue weighted by atomic mass is 16.5. The molecule has 20 heavy (non-hydrogen) atoms. The van der Waals surface area contributed by atoms with Gasteiger partial charge in [-0.25, -0.2) is 4.79 Å². The smallest absolute Gasteiger partial charge is 0.339 e. The van der Waals surface area contributed by atoms with E-state index in [2.05, 4.69) is 4.99 Å². The van der Waals surface area contributed by atoms with E-state index in [-0.39, 0.29) is 12.1 Å². The molecule has 100 valence electrons. The molecule has 2 aromatic rings. The van der Waals surface area contributed by atoms with Gasteiger partial charge in [-0.2, -0.15) is 0 Å². The summed E-state index contributed by atoms with van der Waals surface area (Å²) in [5.41, 5.74) is 3.27. The topological polar surface area (TPSA) is 38.7 Å². The number of nitrogens with zero attached hydrogens (tertiary/aromatic N) is 1. The van der Waals surface area contributed by atoms with Gasteiger partial charge in [-0.15, -0.1) is 0 Å². The van der Waals surface area contributed by atoms with E-state index in [1.165, 1.54) is 0 Å². The molecule has 0 aliphatic carbocycles. The summed E-state index contributed by atoms with van der Waals surface area (Å²) in [7, 11) is 0. The predicted molar refractivity (Wildman–Crippen MR) is 78.3 cm³/mol. The Morgan fingerprint density at radius 3 is 2.40 bits per heavy atom. The van der Waals surface area contributed by atoms with Gasteiger partial charge in [-0.3, -0.25) is 4.99 Å². The number of ether oxygens (including phenoxy) is 1. The molecule has 0 amide bonds. The standard InChI is InChI=1S/C17H15NO2/c1-12-11-18-16(13-7-3-2-4-8-13)14-9-5-6-10-15(14)17(19)20-12/h2-10,12H,11H2,1H3/t12-/m0/s1. The highest BCUT2D eigenvalue weighted by Crippen LogP contribution is 2.19. The molecule has 3 nitrogen and oxygen atoms in total. The van der Waals surface area contributed by atoms with Gasteiger partial charge in [-0.05, 0) is 13.0 Å². The lowest BCUT2D eigenvalue weighted by molar-refractivity contribution is 0.0357. The summed E-state index contributed by atoms with van der Waals surface area (Å²) >= 11 is 0. The van der Waals surface area contributed by atoms with Gasteiger partial charge in [-0.1, -0.05) is 48.5 Å². The Hall–Kier alpha value is -2.42. The molecule has 3 rings (SSSR count). The van der Waals surface area contributed by atoms with Crippen molar-refractivity contribution in [2.45, 2.75) is 13.0 Å². The molecule has 1 aliphatic rings. The largest absolute Gasteiger partial charge is 0.457 e. The number of esters is 1. The van der Waals surface area contributed by atoms with Gasteiger partial charge in [0.05, 0.1) is 17.8 Å². The Labute approximate surface area is 117 Å². The SMILES string of the molecule is C[C@H]1CN=C(c2ccccc2)c2ccccc2C(=O)O1. The third kappa shape index (κ3) is 2.35. The lowest BCUT2D eigenvalue weighted by atomic mass is 9.97. The second kappa shape index (κ2) is 5.29. The van der Waals surface area contributed by atoms with Crippen LogP contribution in [0.4, 0.5) is 0 Å². The molecule has 0 unspecified atom stereocenters. The number of aliphatic imine (C=N–C) groups is 1. The second-order valence-electron chi connectivity index (χ2n) is 4.82. The molecule has 2 aromatic carbocycles. The van der Waals surface area contributed by atoms with Gasteiger partial charge in [0, 0.05) is 11.1 Å². The molecule has 1 atom stereocenters. The average molecular weight is 265 g/mol. The summed E-state index contributed by atoms with van der Waals surface area (Å²) in [6, 6.07) is 17.4. The zero-order chi connectivity index (χ0) is 13.9. The normalized spacial score (nSPS) is 18.4. The van der Waals surface area contributed by atoms with E-state index in [1.807, 2.05) is 55.5 Å². The van der Waals surface area contributed by atoms with Crippen LogP contribution in [-0.4, -0.2) is 24.3 Å². The predicted octanol–water partition coefficient (Wildman–Crippen LogP) is 3.08. The molecule has 0 fully saturated rings. The van der Waals surface area contributed by atoms with Crippen LogP contribution >= 0.6 is 0 Å². The second-order valence-corrected chi connectivity index (χ2v) is 4.82. The number of carbonyl (C=O) groups excluding carboxylic acids is 1. The minimum atomic E-state index is -0.281. The Balaban J connectivity index is 2.18. The van der Waals surface area contributed by atoms with Crippen LogP contribution in [0.1, 0.15) is 28.4 Å². The van der Waals surface area contributed by atoms with E-state index in [4.69, 9.17) is 4.74 Å². The lowest BCUT2D eigenvalue weighted by Gasteiger charge is -2.19. The van der Waals surface area contributed by atoms with Crippen molar-refractivity contribution in [3.63, 3.8) is 0 Å². The molecule has 1 heterocycles. The van der Waals surface area contributed by atoms with Crippen LogP contribution in [-0.2, 0) is 4.74 Å². The first-order valence-electron chi connectivity index (χ1n) is 6.66. The summed E-state index contributed by atoms with van der Waals surface area (Å²) in [6.07, 6.45) is -0.213. The summed E-state index contributed by atoms with van der Waals surface area (Å²) in [6.45, 7) is 2.34. The summed E-state index contributed by atoms with van der Waals surface area (Å²) in [5, 5.41) is 0. The molecule has 1 aliphatic heterocycles. The van der Waals surface area contributed by atoms with Crippen molar-refractivity contribution in [2.24, 2.45) is 4.99 Å². The van der Waals surface area contributed by atoms with Gasteiger partial charge in [0.25, 0.3) is 0 Å². The van der Waals surface area contributed by atoms with Crippen molar-refractivity contribution in [3.05, 3.63) is 71.3 Å². The fourth-order valence-electron chi connectivity index (χ4n) is 2.30. The van der Waals surface area contributed by atoms with Crippen LogP contribution in [0, 0.1) is 0 Å². The summed E-state index contributed by atoms with van der Waals surface area (Å²) < 4.78 is 5.36. The molecule has 0 radical (unpaired) electrons. The van der Waals surface area contributed by atoms with Crippen LogP contribution in [0.25, 0.3) is 0 Å². The minimum absolute atomic E-state index is 0.213. The van der Waals surface area contributed by atoms with Crippen molar-refractivity contribution in [1.29, 1.82) is 0 Å². The fourth-order valence-corrected chi connectivity index (χ4v) is 2.30. The maximum Gasteiger partial charge on any atom is 0.339 e. The Bertz CT molecular complexity index is 662. The number of benzene rings is 2. The Kier molecular flexibility index (Phi) is 3.33. The number of hydrogen-bond donors (Lipinski definition) is 0. The van der Waals surface area contributed by atoms with Gasteiger partial charge < -0.3 is 4.74 Å². The molecular weight excluding hydrogens is 250 g/mol. The number of hydrogen-bond acceptors (Lipinski definition) is 3. The summed E-state index contributed by atoms with van der Waals surface area (Å²) in [4.78, 5) is 16.8. The maximum absolute atomic E-state index is 12.2. The van der Waals surface area contributed by atoms with E-state index in [1.54, 1.807) is 6.07 Å². The highest BCUT2D eigenvalue weighted by molar-refractivity contribution is 6.17. The Morgan fingerprint density at radius 1 is 1.00 bits per heavy atom. The number of rotatable bonds is 1. The molecule has 0 saturated carbocycles. The van der Waals surface area contributed by atoms with Crippen LogP contribution < -0.4 is 0 Å². The van der Waals surface area contributed by atoms with E-state index in [0.29, 0.717) is 12.1 Å². The van der Waals surface area contributed by atoms with Crippen molar-refractivity contribution in [1.82, 2.24) is 0 Å². The quantitative estimate of drug-likeness (QED) is 0.743. The minimum Gasteiger partial charge on any atom is -0.457 e. The number of cyclic esters (lactones) is 1. The van der Waals surface area contributed by atoms with Crippen LogP contribution in [0.5, 0.6) is 0 Å². The first kappa shape index (κ1) is 12.6. The zero-order valence-corrected chi connectivity index (χ0v) is 11.2. The average Bonchev–Trinajstić information content (AvgIpc) is 2.47. The van der Waals surface area contributed by atoms with Crippen LogP contribution in [0.15, 0.2) is 59.6 Å². The summed E-state index contributed by atoms with van der Waals surface area (Å²) in [5.74, 6) is -0.281. The van der Waals surface area contributed by atoms with Crippen molar-refractivity contribution < 1.29 is 9.53 Å². The first-order valence-corrected chi connectivity index (χ1v) is 6.66. The van der Waals surface area contributed by atoms with E-state index in [9.17, 15) is 4.79 Å². The first-order chi connectivity index (χ1) is 9.75. The van der Waals surface area contributed by atoms with Gasteiger partial charge in [0.15, 0.2) is 0 Å². The molecule has 0 aromatic heterocycles. The van der Waals surface area contributed by atoms with Crippen molar-refractivity contribution in [2.75, 3.05) is 6.54 Å². The van der Waals surface area contributed by atoms with Gasteiger partial charge in [0.2, 0.25) is 0 Å². The molecule has 0 spiro atoms. The van der Waals surface area contributed by atoms with Crippen LogP contribution in [0.3, 0.4) is 0 Å². The highest BCUT2D eigenvalue weighted by Gasteiger charge is 2.21. The molecule has 0 saturated heterocycles. The van der Waals surface area contributed by atoms with Crippen molar-refractivity contribution in [3.8, 4) is 0 Å². The third-order valence-electron chi connectivity index (χ3n) is 3.26. The third-order valence-corrected chi connectivity index (χ3v) is 3.26. The molecule has 3 heteroatoms.